The lowest BCUT2D eigenvalue weighted by Gasteiger charge is -2.27. The largest absolute Gasteiger partial charge is 0.369 e. The van der Waals surface area contributed by atoms with Crippen molar-refractivity contribution in [1.82, 2.24) is 9.55 Å². The zero-order valence-corrected chi connectivity index (χ0v) is 16.8. The van der Waals surface area contributed by atoms with Crippen LogP contribution in [0.3, 0.4) is 0 Å². The Hall–Kier alpha value is -3.15. The second kappa shape index (κ2) is 8.25. The van der Waals surface area contributed by atoms with Gasteiger partial charge in [0.05, 0.1) is 17.2 Å². The molecule has 0 aliphatic rings. The number of fused-ring (bicyclic) bond motifs is 1. The summed E-state index contributed by atoms with van der Waals surface area (Å²) in [5, 5.41) is 3.37. The highest BCUT2D eigenvalue weighted by atomic mass is 16.2. The Morgan fingerprint density at radius 3 is 2.54 bits per heavy atom. The molecule has 0 aliphatic carbocycles. The Morgan fingerprint density at radius 1 is 1.18 bits per heavy atom. The van der Waals surface area contributed by atoms with Gasteiger partial charge in [-0.25, -0.2) is 4.98 Å². The SMILES string of the molecule is CCN(c1ccc(NC(=O)Cn2cnc3c(C)cccc3c2=O)cc1)C(C)C. The van der Waals surface area contributed by atoms with Crippen LogP contribution in [0.4, 0.5) is 11.4 Å². The Labute approximate surface area is 164 Å². The van der Waals surface area contributed by atoms with Crippen LogP contribution in [0, 0.1) is 6.92 Å². The molecule has 1 aromatic heterocycles. The van der Waals surface area contributed by atoms with Crippen LogP contribution in [0.2, 0.25) is 0 Å². The van der Waals surface area contributed by atoms with E-state index < -0.39 is 0 Å². The summed E-state index contributed by atoms with van der Waals surface area (Å²) in [4.78, 5) is 31.6. The standard InChI is InChI=1S/C22H26N4O2/c1-5-26(15(2)3)18-11-9-17(10-12-18)24-20(27)13-25-14-23-21-16(4)7-6-8-19(21)22(25)28/h6-12,14-15H,5,13H2,1-4H3,(H,24,27). The van der Waals surface area contributed by atoms with Crippen molar-refractivity contribution in [1.29, 1.82) is 0 Å². The molecular formula is C22H26N4O2. The lowest BCUT2D eigenvalue weighted by Crippen LogP contribution is -2.30. The van der Waals surface area contributed by atoms with Gasteiger partial charge in [-0.05, 0) is 63.6 Å². The molecule has 6 heteroatoms. The number of hydrogen-bond donors (Lipinski definition) is 1. The van der Waals surface area contributed by atoms with E-state index >= 15 is 0 Å². The van der Waals surface area contributed by atoms with Crippen molar-refractivity contribution >= 4 is 28.2 Å². The molecule has 28 heavy (non-hydrogen) atoms. The number of hydrogen-bond acceptors (Lipinski definition) is 4. The van der Waals surface area contributed by atoms with Crippen LogP contribution in [0.1, 0.15) is 26.3 Å². The number of amides is 1. The minimum Gasteiger partial charge on any atom is -0.369 e. The van der Waals surface area contributed by atoms with Gasteiger partial charge in [-0.1, -0.05) is 12.1 Å². The van der Waals surface area contributed by atoms with Crippen LogP contribution in [-0.2, 0) is 11.3 Å². The maximum atomic E-state index is 12.6. The number of nitrogens with zero attached hydrogens (tertiary/aromatic N) is 3. The second-order valence-corrected chi connectivity index (χ2v) is 7.12. The molecule has 6 nitrogen and oxygen atoms in total. The molecule has 2 aromatic carbocycles. The zero-order valence-electron chi connectivity index (χ0n) is 16.8. The fraction of sp³-hybridized carbons (Fsp3) is 0.318. The van der Waals surface area contributed by atoms with E-state index in [0.717, 1.165) is 17.8 Å². The van der Waals surface area contributed by atoms with E-state index in [1.165, 1.54) is 10.9 Å². The molecular weight excluding hydrogens is 352 g/mol. The summed E-state index contributed by atoms with van der Waals surface area (Å²) in [6, 6.07) is 13.6. The van der Waals surface area contributed by atoms with Gasteiger partial charge in [-0.2, -0.15) is 0 Å². The van der Waals surface area contributed by atoms with Gasteiger partial charge >= 0.3 is 0 Å². The average Bonchev–Trinajstić information content (AvgIpc) is 2.66. The van der Waals surface area contributed by atoms with Crippen molar-refractivity contribution in [3.05, 3.63) is 64.7 Å². The second-order valence-electron chi connectivity index (χ2n) is 7.12. The van der Waals surface area contributed by atoms with Gasteiger partial charge in [-0.3, -0.25) is 14.2 Å². The highest BCUT2D eigenvalue weighted by Gasteiger charge is 2.11. The van der Waals surface area contributed by atoms with Crippen molar-refractivity contribution in [2.24, 2.45) is 0 Å². The molecule has 1 N–H and O–H groups in total. The van der Waals surface area contributed by atoms with Gasteiger partial charge in [-0.15, -0.1) is 0 Å². The summed E-state index contributed by atoms with van der Waals surface area (Å²) in [5.74, 6) is -0.264. The number of nitrogens with one attached hydrogen (secondary N) is 1. The van der Waals surface area contributed by atoms with Gasteiger partial charge < -0.3 is 10.2 Å². The lowest BCUT2D eigenvalue weighted by molar-refractivity contribution is -0.116. The van der Waals surface area contributed by atoms with E-state index in [1.54, 1.807) is 6.07 Å². The Bertz CT molecular complexity index is 1040. The molecule has 3 rings (SSSR count). The number of aryl methyl sites for hydroxylation is 1. The van der Waals surface area contributed by atoms with Crippen LogP contribution in [0.15, 0.2) is 53.6 Å². The predicted molar refractivity (Wildman–Crippen MR) is 114 cm³/mol. The molecule has 0 bridgehead atoms. The fourth-order valence-corrected chi connectivity index (χ4v) is 3.39. The summed E-state index contributed by atoms with van der Waals surface area (Å²) in [6.07, 6.45) is 1.43. The normalized spacial score (nSPS) is 11.0. The van der Waals surface area contributed by atoms with Crippen LogP contribution < -0.4 is 15.8 Å². The zero-order chi connectivity index (χ0) is 20.3. The van der Waals surface area contributed by atoms with E-state index in [4.69, 9.17) is 0 Å². The molecule has 0 fully saturated rings. The third-order valence-corrected chi connectivity index (χ3v) is 4.82. The van der Waals surface area contributed by atoms with Gasteiger partial charge in [0.25, 0.3) is 5.56 Å². The molecule has 0 aliphatic heterocycles. The third-order valence-electron chi connectivity index (χ3n) is 4.82. The minimum atomic E-state index is -0.264. The molecule has 3 aromatic rings. The quantitative estimate of drug-likeness (QED) is 0.712. The number of rotatable bonds is 6. The minimum absolute atomic E-state index is 0.0788. The topological polar surface area (TPSA) is 67.2 Å². The third kappa shape index (κ3) is 4.06. The maximum Gasteiger partial charge on any atom is 0.261 e. The van der Waals surface area contributed by atoms with E-state index in [0.29, 0.717) is 22.6 Å². The summed E-state index contributed by atoms with van der Waals surface area (Å²) < 4.78 is 1.34. The maximum absolute atomic E-state index is 12.6. The molecule has 0 atom stereocenters. The first-order valence-electron chi connectivity index (χ1n) is 9.52. The van der Waals surface area contributed by atoms with Crippen LogP contribution >= 0.6 is 0 Å². The fourth-order valence-electron chi connectivity index (χ4n) is 3.39. The number of carbonyl (C=O) groups is 1. The lowest BCUT2D eigenvalue weighted by atomic mass is 10.1. The predicted octanol–water partition coefficient (Wildman–Crippen LogP) is 3.58. The van der Waals surface area contributed by atoms with Gasteiger partial charge in [0.15, 0.2) is 0 Å². The number of carbonyl (C=O) groups excluding carboxylic acids is 1. The molecule has 0 saturated heterocycles. The van der Waals surface area contributed by atoms with Crippen LogP contribution in [0.25, 0.3) is 10.9 Å². The van der Waals surface area contributed by atoms with Crippen LogP contribution in [0.5, 0.6) is 0 Å². The molecule has 0 spiro atoms. The number of anilines is 2. The Balaban J connectivity index is 1.73. The average molecular weight is 378 g/mol. The van der Waals surface area contributed by atoms with E-state index in [9.17, 15) is 9.59 Å². The van der Waals surface area contributed by atoms with E-state index in [2.05, 4.69) is 36.0 Å². The molecule has 1 heterocycles. The van der Waals surface area contributed by atoms with Crippen molar-refractivity contribution in [3.8, 4) is 0 Å². The smallest absolute Gasteiger partial charge is 0.261 e. The summed E-state index contributed by atoms with van der Waals surface area (Å²) >= 11 is 0. The van der Waals surface area contributed by atoms with E-state index in [-0.39, 0.29) is 18.0 Å². The van der Waals surface area contributed by atoms with E-state index in [1.807, 2.05) is 43.3 Å². The van der Waals surface area contributed by atoms with Gasteiger partial charge in [0.2, 0.25) is 5.91 Å². The Kier molecular flexibility index (Phi) is 5.78. The van der Waals surface area contributed by atoms with Crippen LogP contribution in [-0.4, -0.2) is 28.0 Å². The van der Waals surface area contributed by atoms with Crippen molar-refractivity contribution in [2.45, 2.75) is 40.3 Å². The molecule has 0 unspecified atom stereocenters. The monoisotopic (exact) mass is 378 g/mol. The summed E-state index contributed by atoms with van der Waals surface area (Å²) in [5.41, 5.74) is 3.21. The number of para-hydroxylation sites is 1. The first-order chi connectivity index (χ1) is 13.4. The van der Waals surface area contributed by atoms with Crippen molar-refractivity contribution < 1.29 is 4.79 Å². The Morgan fingerprint density at radius 2 is 1.89 bits per heavy atom. The van der Waals surface area contributed by atoms with Gasteiger partial charge in [0.1, 0.15) is 6.54 Å². The first kappa shape index (κ1) is 19.6. The van der Waals surface area contributed by atoms with Crippen molar-refractivity contribution in [3.63, 3.8) is 0 Å². The molecule has 0 radical (unpaired) electrons. The summed E-state index contributed by atoms with van der Waals surface area (Å²) in [7, 11) is 0. The highest BCUT2D eigenvalue weighted by Crippen LogP contribution is 2.20. The molecule has 0 saturated carbocycles. The number of aromatic nitrogens is 2. The number of benzene rings is 2. The highest BCUT2D eigenvalue weighted by molar-refractivity contribution is 5.91. The first-order valence-corrected chi connectivity index (χ1v) is 9.52. The summed E-state index contributed by atoms with van der Waals surface area (Å²) in [6.45, 7) is 9.16. The van der Waals surface area contributed by atoms with Gasteiger partial charge in [0, 0.05) is 24.0 Å². The molecule has 146 valence electrons. The molecule has 1 amide bonds. The van der Waals surface area contributed by atoms with Crippen molar-refractivity contribution in [2.75, 3.05) is 16.8 Å².